The van der Waals surface area contributed by atoms with Crippen LogP contribution < -0.4 is 11.1 Å². The first-order valence-electron chi connectivity index (χ1n) is 7.55. The van der Waals surface area contributed by atoms with E-state index in [1.165, 1.54) is 0 Å². The zero-order valence-electron chi connectivity index (χ0n) is 12.8. The molecule has 0 saturated carbocycles. The Hall–Kier alpha value is -3.25. The van der Waals surface area contributed by atoms with Crippen LogP contribution in [-0.4, -0.2) is 15.8 Å². The molecule has 2 aliphatic heterocycles. The van der Waals surface area contributed by atoms with Gasteiger partial charge in [0.1, 0.15) is 5.69 Å². The van der Waals surface area contributed by atoms with Crippen molar-refractivity contribution in [3.05, 3.63) is 101 Å². The van der Waals surface area contributed by atoms with Gasteiger partial charge in [0.15, 0.2) is 11.5 Å². The van der Waals surface area contributed by atoms with Crippen LogP contribution in [0.15, 0.2) is 89.6 Å². The lowest BCUT2D eigenvalue weighted by molar-refractivity contribution is 0.543. The fourth-order valence-corrected chi connectivity index (χ4v) is 2.64. The molecule has 6 nitrogen and oxygen atoms in total. The number of aromatic nitrogens is 2. The second-order valence-corrected chi connectivity index (χ2v) is 5.37. The fraction of sp³-hybridized carbons (Fsp3) is 0.0556. The Bertz CT molecular complexity index is 867. The topological polar surface area (TPSA) is 90.3 Å². The average molecular weight is 315 g/mol. The van der Waals surface area contributed by atoms with Gasteiger partial charge in [0, 0.05) is 12.4 Å². The lowest BCUT2D eigenvalue weighted by atomic mass is 10.0. The van der Waals surface area contributed by atoms with Crippen molar-refractivity contribution in [2.75, 3.05) is 0 Å². The quantitative estimate of drug-likeness (QED) is 0.889. The van der Waals surface area contributed by atoms with Gasteiger partial charge >= 0.3 is 0 Å². The molecule has 3 N–H and O–H groups in total. The maximum atomic E-state index is 6.67. The lowest BCUT2D eigenvalue weighted by Gasteiger charge is -2.30. The summed E-state index contributed by atoms with van der Waals surface area (Å²) in [7, 11) is 0. The highest BCUT2D eigenvalue weighted by Crippen LogP contribution is 2.35. The molecule has 6 heteroatoms. The van der Waals surface area contributed by atoms with Gasteiger partial charge in [-0.1, -0.05) is 30.4 Å². The number of nitrogens with two attached hydrogens (primary N) is 1. The molecule has 118 valence electrons. The van der Waals surface area contributed by atoms with E-state index in [0.717, 1.165) is 5.70 Å². The minimum atomic E-state index is -1.14. The largest absolute Gasteiger partial charge is 0.663 e. The van der Waals surface area contributed by atoms with E-state index in [9.17, 15) is 0 Å². The van der Waals surface area contributed by atoms with E-state index in [-0.39, 0.29) is 0 Å². The van der Waals surface area contributed by atoms with Gasteiger partial charge < -0.3 is 10.6 Å². The van der Waals surface area contributed by atoms with Crippen LogP contribution in [0.1, 0.15) is 11.4 Å². The van der Waals surface area contributed by atoms with Crippen molar-refractivity contribution in [1.29, 1.82) is 0 Å². The number of amidine groups is 1. The van der Waals surface area contributed by atoms with Crippen LogP contribution in [0, 0.1) is 0 Å². The molecule has 0 aliphatic carbocycles. The van der Waals surface area contributed by atoms with Gasteiger partial charge in [-0.25, -0.2) is 4.99 Å². The van der Waals surface area contributed by atoms with Gasteiger partial charge in [0.2, 0.25) is 0 Å². The van der Waals surface area contributed by atoms with Gasteiger partial charge in [-0.05, 0) is 24.3 Å². The van der Waals surface area contributed by atoms with Crippen molar-refractivity contribution < 1.29 is 0 Å². The number of nitrogens with zero attached hydrogens (tertiary/aromatic N) is 4. The molecule has 0 spiro atoms. The normalized spacial score (nSPS) is 25.1. The first-order valence-corrected chi connectivity index (χ1v) is 7.55. The minimum Gasteiger partial charge on any atom is -0.663 e. The summed E-state index contributed by atoms with van der Waals surface area (Å²) in [5, 5.41) is 7.70. The highest BCUT2D eigenvalue weighted by molar-refractivity contribution is 6.01. The van der Waals surface area contributed by atoms with Crippen LogP contribution in [-0.2, 0) is 5.66 Å². The third kappa shape index (κ3) is 2.39. The summed E-state index contributed by atoms with van der Waals surface area (Å²) in [5.74, 6) is 0.601. The predicted molar refractivity (Wildman–Crippen MR) is 92.7 cm³/mol. The Morgan fingerprint density at radius 3 is 2.50 bits per heavy atom. The summed E-state index contributed by atoms with van der Waals surface area (Å²) in [4.78, 5) is 13.4. The molecular weight excluding hydrogens is 300 g/mol. The second-order valence-electron chi connectivity index (χ2n) is 5.37. The Morgan fingerprint density at radius 2 is 1.83 bits per heavy atom. The zero-order valence-corrected chi connectivity index (χ0v) is 12.8. The molecule has 0 aromatic carbocycles. The van der Waals surface area contributed by atoms with Crippen LogP contribution in [0.25, 0.3) is 5.32 Å². The molecule has 1 atom stereocenters. The van der Waals surface area contributed by atoms with Crippen LogP contribution in [0.5, 0.6) is 0 Å². The first kappa shape index (κ1) is 14.3. The minimum absolute atomic E-state index is 0.601. The van der Waals surface area contributed by atoms with Crippen molar-refractivity contribution in [3.8, 4) is 0 Å². The smallest absolute Gasteiger partial charge is 0.192 e. The van der Waals surface area contributed by atoms with E-state index < -0.39 is 5.66 Å². The maximum Gasteiger partial charge on any atom is 0.192 e. The average Bonchev–Trinajstić information content (AvgIpc) is 3.03. The Kier molecular flexibility index (Phi) is 3.44. The maximum absolute atomic E-state index is 6.67. The molecule has 0 fully saturated rings. The fourth-order valence-electron chi connectivity index (χ4n) is 2.64. The van der Waals surface area contributed by atoms with Crippen molar-refractivity contribution >= 4 is 5.84 Å². The summed E-state index contributed by atoms with van der Waals surface area (Å²) < 4.78 is 0. The summed E-state index contributed by atoms with van der Waals surface area (Å²) in [6.07, 6.45) is 10.8. The Labute approximate surface area is 139 Å². The van der Waals surface area contributed by atoms with E-state index in [4.69, 9.17) is 10.7 Å². The molecule has 2 aromatic rings. The zero-order chi connectivity index (χ0) is 16.4. The second kappa shape index (κ2) is 5.75. The van der Waals surface area contributed by atoms with Crippen LogP contribution in [0.3, 0.4) is 0 Å². The van der Waals surface area contributed by atoms with Crippen molar-refractivity contribution in [1.82, 2.24) is 15.3 Å². The van der Waals surface area contributed by atoms with Crippen molar-refractivity contribution in [2.45, 2.75) is 5.66 Å². The lowest BCUT2D eigenvalue weighted by Crippen LogP contribution is -2.38. The number of hydrogen-bond donors (Lipinski definition) is 2. The summed E-state index contributed by atoms with van der Waals surface area (Å²) in [6.45, 7) is 0. The summed E-state index contributed by atoms with van der Waals surface area (Å²) in [5.41, 5.74) is 8.30. The number of pyridine rings is 2. The molecule has 0 saturated heterocycles. The number of rotatable bonds is 2. The standard InChI is InChI=1S/C18H15N6/c19-18(15-9-3-6-12-22-15)16(13-7-1-4-10-20-13)23-17(24-18)14-8-2-5-11-21-14/h1-12H,19H2,(H,23,24)/q-1/b16-13+. The highest BCUT2D eigenvalue weighted by Gasteiger charge is 2.39. The highest BCUT2D eigenvalue weighted by atomic mass is 15.2. The van der Waals surface area contributed by atoms with Crippen molar-refractivity contribution in [2.24, 2.45) is 10.7 Å². The Morgan fingerprint density at radius 1 is 1.00 bits per heavy atom. The molecule has 4 heterocycles. The molecule has 1 unspecified atom stereocenters. The van der Waals surface area contributed by atoms with Gasteiger partial charge in [-0.3, -0.25) is 15.7 Å². The monoisotopic (exact) mass is 315 g/mol. The molecular formula is C18H15N6-. The number of nitrogens with one attached hydrogen (secondary N) is 1. The molecule has 0 bridgehead atoms. The Balaban J connectivity index is 1.86. The molecule has 0 amide bonds. The van der Waals surface area contributed by atoms with E-state index in [1.54, 1.807) is 18.6 Å². The van der Waals surface area contributed by atoms with E-state index in [0.29, 0.717) is 22.9 Å². The van der Waals surface area contributed by atoms with Crippen LogP contribution in [0.2, 0.25) is 0 Å². The van der Waals surface area contributed by atoms with Crippen LogP contribution >= 0.6 is 0 Å². The van der Waals surface area contributed by atoms with Gasteiger partial charge in [-0.2, -0.15) is 6.20 Å². The van der Waals surface area contributed by atoms with Crippen LogP contribution in [0.4, 0.5) is 0 Å². The summed E-state index contributed by atoms with van der Waals surface area (Å²) >= 11 is 0. The van der Waals surface area contributed by atoms with Crippen molar-refractivity contribution in [3.63, 3.8) is 0 Å². The number of aliphatic imine (C=N–C) groups is 1. The third-order valence-corrected chi connectivity index (χ3v) is 3.80. The van der Waals surface area contributed by atoms with Gasteiger partial charge in [0.05, 0.1) is 11.4 Å². The number of hydrogen-bond acceptors (Lipinski definition) is 5. The molecule has 2 aromatic heterocycles. The molecule has 24 heavy (non-hydrogen) atoms. The molecule has 2 aliphatic rings. The van der Waals surface area contributed by atoms with E-state index in [1.807, 2.05) is 54.6 Å². The van der Waals surface area contributed by atoms with Gasteiger partial charge in [-0.15, -0.1) is 5.70 Å². The van der Waals surface area contributed by atoms with E-state index >= 15 is 0 Å². The predicted octanol–water partition coefficient (Wildman–Crippen LogP) is 2.31. The third-order valence-electron chi connectivity index (χ3n) is 3.80. The SMILES string of the molecule is NC1(c2ccccn2)N=C(c2ccccn2)N/C1=C1\C=CC=C[N-]1. The number of allylic oxidation sites excluding steroid dienone is 3. The van der Waals surface area contributed by atoms with Gasteiger partial charge in [0.25, 0.3) is 0 Å². The van der Waals surface area contributed by atoms with E-state index in [2.05, 4.69) is 20.6 Å². The molecule has 0 radical (unpaired) electrons. The first-order chi connectivity index (χ1) is 11.8. The summed E-state index contributed by atoms with van der Waals surface area (Å²) in [6, 6.07) is 11.2. The molecule has 4 rings (SSSR count).